The highest BCUT2D eigenvalue weighted by Gasteiger charge is 2.27. The lowest BCUT2D eigenvalue weighted by Crippen LogP contribution is -2.45. The first kappa shape index (κ1) is 16.1. The Bertz CT molecular complexity index is 713. The van der Waals surface area contributed by atoms with Gasteiger partial charge in [0, 0.05) is 31.5 Å². The molecular formula is C16H17F2N5O. The van der Waals surface area contributed by atoms with Crippen molar-refractivity contribution in [3.8, 4) is 0 Å². The van der Waals surface area contributed by atoms with Crippen molar-refractivity contribution in [2.75, 3.05) is 23.4 Å². The Labute approximate surface area is 137 Å². The van der Waals surface area contributed by atoms with Gasteiger partial charge in [0.25, 0.3) is 0 Å². The van der Waals surface area contributed by atoms with E-state index in [1.807, 2.05) is 4.90 Å². The van der Waals surface area contributed by atoms with Gasteiger partial charge in [0.05, 0.1) is 11.6 Å². The van der Waals surface area contributed by atoms with E-state index in [2.05, 4.69) is 20.8 Å². The molecule has 2 aromatic rings. The van der Waals surface area contributed by atoms with Crippen LogP contribution in [0.5, 0.6) is 0 Å². The molecule has 24 heavy (non-hydrogen) atoms. The smallest absolute Gasteiger partial charge is 0.243 e. The molecule has 1 saturated heterocycles. The molecule has 0 aliphatic carbocycles. The zero-order valence-corrected chi connectivity index (χ0v) is 12.9. The number of hydrogen-bond donors (Lipinski definition) is 2. The van der Waals surface area contributed by atoms with Crippen LogP contribution in [-0.4, -0.2) is 29.0 Å². The molecule has 1 fully saturated rings. The van der Waals surface area contributed by atoms with Gasteiger partial charge in [-0.1, -0.05) is 0 Å². The van der Waals surface area contributed by atoms with Crippen LogP contribution in [0.25, 0.3) is 0 Å². The van der Waals surface area contributed by atoms with E-state index >= 15 is 0 Å². The Hall–Kier alpha value is -2.77. The second kappa shape index (κ2) is 7.20. The number of amides is 1. The second-order valence-electron chi connectivity index (χ2n) is 5.57. The van der Waals surface area contributed by atoms with Gasteiger partial charge >= 0.3 is 0 Å². The summed E-state index contributed by atoms with van der Waals surface area (Å²) in [7, 11) is 0. The highest BCUT2D eigenvalue weighted by molar-refractivity contribution is 5.80. The molecule has 8 heteroatoms. The van der Waals surface area contributed by atoms with Crippen molar-refractivity contribution in [3.05, 3.63) is 48.3 Å². The number of nitrogens with one attached hydrogen (secondary N) is 2. The topological polar surface area (TPSA) is 70.2 Å². The minimum atomic E-state index is -0.766. The average Bonchev–Trinajstić information content (AvgIpc) is 2.61. The Kier molecular flexibility index (Phi) is 4.83. The summed E-state index contributed by atoms with van der Waals surface area (Å²) in [5.41, 5.74) is 5.00. The van der Waals surface area contributed by atoms with Gasteiger partial charge in [-0.15, -0.1) is 0 Å². The summed E-state index contributed by atoms with van der Waals surface area (Å²) >= 11 is 0. The van der Waals surface area contributed by atoms with Gasteiger partial charge in [0.15, 0.2) is 5.82 Å². The lowest BCUT2D eigenvalue weighted by molar-refractivity contribution is -0.124. The normalized spacial score (nSPS) is 17.4. The summed E-state index contributed by atoms with van der Waals surface area (Å²) in [4.78, 5) is 22.6. The van der Waals surface area contributed by atoms with E-state index in [9.17, 15) is 13.6 Å². The van der Waals surface area contributed by atoms with E-state index in [0.29, 0.717) is 12.5 Å². The molecule has 0 radical (unpaired) electrons. The number of hydrazine groups is 1. The molecule has 2 N–H and O–H groups in total. The highest BCUT2D eigenvalue weighted by atomic mass is 19.1. The summed E-state index contributed by atoms with van der Waals surface area (Å²) in [6.45, 7) is 1.28. The van der Waals surface area contributed by atoms with Gasteiger partial charge in [-0.2, -0.15) is 0 Å². The number of halogens is 2. The summed E-state index contributed by atoms with van der Waals surface area (Å²) < 4.78 is 26.4. The van der Waals surface area contributed by atoms with Crippen molar-refractivity contribution < 1.29 is 13.6 Å². The zero-order valence-electron chi connectivity index (χ0n) is 12.9. The third-order valence-corrected chi connectivity index (χ3v) is 3.88. The van der Waals surface area contributed by atoms with Crippen LogP contribution in [0.2, 0.25) is 0 Å². The van der Waals surface area contributed by atoms with E-state index in [4.69, 9.17) is 0 Å². The number of hydrogen-bond acceptors (Lipinski definition) is 5. The number of carbonyl (C=O) groups is 1. The van der Waals surface area contributed by atoms with Crippen LogP contribution in [0, 0.1) is 17.6 Å². The number of benzene rings is 1. The third-order valence-electron chi connectivity index (χ3n) is 3.88. The van der Waals surface area contributed by atoms with Crippen molar-refractivity contribution in [1.82, 2.24) is 15.4 Å². The standard InChI is InChI=1S/C16H17F2N5O/c17-12-4-5-14(13(18)9-12)21-22-15(24)11-3-1-8-23(10-11)16-19-6-2-7-20-16/h2,4-7,9,11,21H,1,3,8,10H2,(H,22,24)/t11-/m1/s1. The third kappa shape index (κ3) is 3.76. The van der Waals surface area contributed by atoms with E-state index in [1.165, 1.54) is 6.07 Å². The minimum Gasteiger partial charge on any atom is -0.340 e. The first-order valence-electron chi connectivity index (χ1n) is 7.66. The van der Waals surface area contributed by atoms with Crippen LogP contribution in [0.3, 0.4) is 0 Å². The van der Waals surface area contributed by atoms with Gasteiger partial charge in [-0.05, 0) is 31.0 Å². The fourth-order valence-corrected chi connectivity index (χ4v) is 2.65. The summed E-state index contributed by atoms with van der Waals surface area (Å²) in [6.07, 6.45) is 4.87. The van der Waals surface area contributed by atoms with Gasteiger partial charge < -0.3 is 4.90 Å². The molecule has 0 unspecified atom stereocenters. The van der Waals surface area contributed by atoms with Crippen LogP contribution >= 0.6 is 0 Å². The maximum Gasteiger partial charge on any atom is 0.243 e. The fourth-order valence-electron chi connectivity index (χ4n) is 2.65. The zero-order chi connectivity index (χ0) is 16.9. The number of nitrogens with zero attached hydrogens (tertiary/aromatic N) is 3. The summed E-state index contributed by atoms with van der Waals surface area (Å²) in [5.74, 6) is -1.36. The maximum atomic E-state index is 13.5. The Morgan fingerprint density at radius 2 is 2.04 bits per heavy atom. The second-order valence-corrected chi connectivity index (χ2v) is 5.57. The molecule has 1 amide bonds. The molecular weight excluding hydrogens is 316 g/mol. The summed E-state index contributed by atoms with van der Waals surface area (Å²) in [5, 5.41) is 0. The number of rotatable bonds is 4. The Balaban J connectivity index is 1.58. The molecule has 1 aromatic heterocycles. The average molecular weight is 333 g/mol. The first-order chi connectivity index (χ1) is 11.6. The van der Waals surface area contributed by atoms with Gasteiger partial charge in [0.1, 0.15) is 5.82 Å². The van der Waals surface area contributed by atoms with Crippen molar-refractivity contribution in [3.63, 3.8) is 0 Å². The molecule has 126 valence electrons. The summed E-state index contributed by atoms with van der Waals surface area (Å²) in [6, 6.07) is 4.84. The molecule has 0 spiro atoms. The first-order valence-corrected chi connectivity index (χ1v) is 7.66. The monoisotopic (exact) mass is 333 g/mol. The van der Waals surface area contributed by atoms with Crippen molar-refractivity contribution >= 4 is 17.5 Å². The van der Waals surface area contributed by atoms with Gasteiger partial charge in [-0.3, -0.25) is 15.6 Å². The molecule has 1 aliphatic rings. The van der Waals surface area contributed by atoms with Crippen molar-refractivity contribution in [2.24, 2.45) is 5.92 Å². The van der Waals surface area contributed by atoms with Crippen LogP contribution in [0.15, 0.2) is 36.7 Å². The lowest BCUT2D eigenvalue weighted by atomic mass is 9.98. The van der Waals surface area contributed by atoms with Crippen molar-refractivity contribution in [2.45, 2.75) is 12.8 Å². The van der Waals surface area contributed by atoms with Crippen LogP contribution < -0.4 is 15.8 Å². The predicted molar refractivity (Wildman–Crippen MR) is 85.1 cm³/mol. The van der Waals surface area contributed by atoms with E-state index < -0.39 is 11.6 Å². The molecule has 1 aliphatic heterocycles. The number of piperidine rings is 1. The van der Waals surface area contributed by atoms with E-state index in [0.717, 1.165) is 31.5 Å². The van der Waals surface area contributed by atoms with E-state index in [-0.39, 0.29) is 17.5 Å². The molecule has 6 nitrogen and oxygen atoms in total. The van der Waals surface area contributed by atoms with Gasteiger partial charge in [0.2, 0.25) is 11.9 Å². The molecule has 1 aromatic carbocycles. The molecule has 3 rings (SSSR count). The van der Waals surface area contributed by atoms with Crippen molar-refractivity contribution in [1.29, 1.82) is 0 Å². The fraction of sp³-hybridized carbons (Fsp3) is 0.312. The van der Waals surface area contributed by atoms with Crippen LogP contribution in [-0.2, 0) is 4.79 Å². The molecule has 1 atom stereocenters. The Morgan fingerprint density at radius 1 is 1.25 bits per heavy atom. The highest BCUT2D eigenvalue weighted by Crippen LogP contribution is 2.20. The SMILES string of the molecule is O=C(NNc1ccc(F)cc1F)[C@@H]1CCCN(c2ncccn2)C1. The Morgan fingerprint density at radius 3 is 2.79 bits per heavy atom. The van der Waals surface area contributed by atoms with E-state index in [1.54, 1.807) is 18.5 Å². The molecule has 0 saturated carbocycles. The number of carbonyl (C=O) groups excluding carboxylic acids is 1. The number of anilines is 2. The molecule has 0 bridgehead atoms. The lowest BCUT2D eigenvalue weighted by Gasteiger charge is -2.31. The van der Waals surface area contributed by atoms with Gasteiger partial charge in [-0.25, -0.2) is 18.7 Å². The molecule has 2 heterocycles. The van der Waals surface area contributed by atoms with Crippen LogP contribution in [0.1, 0.15) is 12.8 Å². The minimum absolute atomic E-state index is 0.0174. The maximum absolute atomic E-state index is 13.5. The quantitative estimate of drug-likeness (QED) is 0.839. The van der Waals surface area contributed by atoms with Crippen LogP contribution in [0.4, 0.5) is 20.4 Å². The number of aromatic nitrogens is 2. The largest absolute Gasteiger partial charge is 0.340 e. The predicted octanol–water partition coefficient (Wildman–Crippen LogP) is 2.11.